The number of para-hydroxylation sites is 1. The van der Waals surface area contributed by atoms with Crippen LogP contribution in [0.25, 0.3) is 10.9 Å². The minimum Gasteiger partial charge on any atom is -0.445 e. The van der Waals surface area contributed by atoms with Crippen molar-refractivity contribution >= 4 is 28.6 Å². The van der Waals surface area contributed by atoms with Crippen molar-refractivity contribution in [3.63, 3.8) is 0 Å². The number of hydrogen-bond acceptors (Lipinski definition) is 6. The van der Waals surface area contributed by atoms with E-state index >= 15 is 0 Å². The predicted octanol–water partition coefficient (Wildman–Crippen LogP) is 5.72. The van der Waals surface area contributed by atoms with Crippen LogP contribution in [0.5, 0.6) is 0 Å². The quantitative estimate of drug-likeness (QED) is 0.165. The Kier molecular flexibility index (Phi) is 8.51. The summed E-state index contributed by atoms with van der Waals surface area (Å²) in [4.78, 5) is 45.6. The SMILES string of the molecule is CC(Cc1c[nH]c2ccccc12)(NC(=O)OCc1cccc([N+](=O)[O-])c1)C(=O)NCC1(c2ccccn2)CCCCC1. The molecule has 218 valence electrons. The molecule has 2 aromatic carbocycles. The van der Waals surface area contributed by atoms with Gasteiger partial charge in [-0.1, -0.05) is 55.7 Å². The van der Waals surface area contributed by atoms with Gasteiger partial charge in [0.15, 0.2) is 0 Å². The third-order valence-corrected chi connectivity index (χ3v) is 8.20. The number of nitrogens with one attached hydrogen (secondary N) is 3. The predicted molar refractivity (Wildman–Crippen MR) is 159 cm³/mol. The third kappa shape index (κ3) is 6.43. The van der Waals surface area contributed by atoms with Crippen LogP contribution in [0.2, 0.25) is 0 Å². The minimum absolute atomic E-state index is 0.0930. The van der Waals surface area contributed by atoms with Gasteiger partial charge in [0.25, 0.3) is 5.69 Å². The van der Waals surface area contributed by atoms with E-state index in [4.69, 9.17) is 4.74 Å². The molecule has 4 aromatic rings. The number of nitro groups is 1. The molecule has 1 unspecified atom stereocenters. The molecule has 42 heavy (non-hydrogen) atoms. The van der Waals surface area contributed by atoms with Crippen molar-refractivity contribution in [2.24, 2.45) is 0 Å². The fourth-order valence-electron chi connectivity index (χ4n) is 5.88. The molecule has 3 N–H and O–H groups in total. The molecule has 10 heteroatoms. The molecule has 1 aliphatic carbocycles. The van der Waals surface area contributed by atoms with Gasteiger partial charge in [-0.3, -0.25) is 19.9 Å². The fourth-order valence-corrected chi connectivity index (χ4v) is 5.88. The monoisotopic (exact) mass is 569 g/mol. The topological polar surface area (TPSA) is 139 Å². The number of aromatic nitrogens is 2. The normalized spacial score (nSPS) is 15.8. The molecule has 1 aliphatic rings. The van der Waals surface area contributed by atoms with E-state index in [1.807, 2.05) is 48.7 Å². The number of nitrogens with zero attached hydrogens (tertiary/aromatic N) is 2. The summed E-state index contributed by atoms with van der Waals surface area (Å²) in [6, 6.07) is 19.6. The van der Waals surface area contributed by atoms with Gasteiger partial charge in [0, 0.05) is 59.5 Å². The summed E-state index contributed by atoms with van der Waals surface area (Å²) in [5.74, 6) is -0.332. The first-order chi connectivity index (χ1) is 20.3. The van der Waals surface area contributed by atoms with Gasteiger partial charge in [0.1, 0.15) is 12.1 Å². The van der Waals surface area contributed by atoms with E-state index in [1.54, 1.807) is 19.2 Å². The zero-order valence-electron chi connectivity index (χ0n) is 23.6. The summed E-state index contributed by atoms with van der Waals surface area (Å²) >= 11 is 0. The number of aromatic amines is 1. The zero-order chi connectivity index (χ0) is 29.6. The molecule has 2 aromatic heterocycles. The first kappa shape index (κ1) is 28.8. The van der Waals surface area contributed by atoms with Crippen molar-refractivity contribution in [3.05, 3.63) is 106 Å². The molecule has 0 spiro atoms. The van der Waals surface area contributed by atoms with E-state index in [0.717, 1.165) is 54.3 Å². The van der Waals surface area contributed by atoms with Gasteiger partial charge in [-0.2, -0.15) is 0 Å². The van der Waals surface area contributed by atoms with Crippen molar-refractivity contribution < 1.29 is 19.2 Å². The lowest BCUT2D eigenvalue weighted by molar-refractivity contribution is -0.384. The van der Waals surface area contributed by atoms with Crippen LogP contribution >= 0.6 is 0 Å². The van der Waals surface area contributed by atoms with Crippen molar-refractivity contribution in [1.82, 2.24) is 20.6 Å². The Morgan fingerprint density at radius 2 is 1.86 bits per heavy atom. The van der Waals surface area contributed by atoms with Crippen LogP contribution < -0.4 is 10.6 Å². The first-order valence-corrected chi connectivity index (χ1v) is 14.2. The Labute approximate surface area is 244 Å². The Bertz CT molecular complexity index is 1560. The van der Waals surface area contributed by atoms with Gasteiger partial charge >= 0.3 is 6.09 Å². The van der Waals surface area contributed by atoms with Crippen molar-refractivity contribution in [1.29, 1.82) is 0 Å². The first-order valence-electron chi connectivity index (χ1n) is 14.2. The molecular formula is C32H35N5O5. The Morgan fingerprint density at radius 1 is 1.07 bits per heavy atom. The maximum Gasteiger partial charge on any atom is 0.408 e. The lowest BCUT2D eigenvalue weighted by Crippen LogP contribution is -2.59. The number of fused-ring (bicyclic) bond motifs is 1. The van der Waals surface area contributed by atoms with Crippen LogP contribution in [0.1, 0.15) is 55.8 Å². The molecule has 2 heterocycles. The van der Waals surface area contributed by atoms with Gasteiger partial charge in [0.2, 0.25) is 5.91 Å². The average Bonchev–Trinajstić information content (AvgIpc) is 3.42. The number of amides is 2. The zero-order valence-corrected chi connectivity index (χ0v) is 23.6. The second-order valence-electron chi connectivity index (χ2n) is 11.2. The van der Waals surface area contributed by atoms with Crippen molar-refractivity contribution in [3.8, 4) is 0 Å². The Hall–Kier alpha value is -4.73. The molecule has 0 saturated heterocycles. The highest BCUT2D eigenvalue weighted by molar-refractivity contribution is 5.91. The number of alkyl carbamates (subject to hydrolysis) is 1. The molecule has 0 bridgehead atoms. The highest BCUT2D eigenvalue weighted by Crippen LogP contribution is 2.38. The largest absolute Gasteiger partial charge is 0.445 e. The van der Waals surface area contributed by atoms with E-state index in [0.29, 0.717) is 12.1 Å². The number of non-ortho nitro benzene ring substituents is 1. The van der Waals surface area contributed by atoms with Crippen molar-refractivity contribution in [2.45, 2.75) is 63.0 Å². The summed E-state index contributed by atoms with van der Waals surface area (Å²) in [6.45, 7) is 1.91. The smallest absolute Gasteiger partial charge is 0.408 e. The number of carbonyl (C=O) groups is 2. The molecule has 10 nitrogen and oxygen atoms in total. The summed E-state index contributed by atoms with van der Waals surface area (Å²) in [6.07, 6.45) is 8.16. The maximum atomic E-state index is 14.0. The lowest BCUT2D eigenvalue weighted by atomic mass is 9.71. The standard InChI is InChI=1S/C32H35N5O5/c1-31(19-24-20-34-27-13-4-3-12-26(24)27,36-30(39)42-21-23-10-9-11-25(18-23)37(40)41)29(38)35-22-32(15-6-2-7-16-32)28-14-5-8-17-33-28/h3-5,8-14,17-18,20,34H,2,6-7,15-16,19,21-22H2,1H3,(H,35,38)(H,36,39). The third-order valence-electron chi connectivity index (χ3n) is 8.20. The lowest BCUT2D eigenvalue weighted by Gasteiger charge is -2.38. The number of carbonyl (C=O) groups excluding carboxylic acids is 2. The van der Waals surface area contributed by atoms with E-state index in [2.05, 4.69) is 20.6 Å². The number of pyridine rings is 1. The van der Waals surface area contributed by atoms with Gasteiger partial charge in [-0.05, 0) is 49.1 Å². The number of hydrogen-bond donors (Lipinski definition) is 3. The molecule has 0 aliphatic heterocycles. The van der Waals surface area contributed by atoms with Gasteiger partial charge in [-0.25, -0.2) is 4.79 Å². The van der Waals surface area contributed by atoms with Crippen LogP contribution in [-0.2, 0) is 28.0 Å². The molecule has 1 fully saturated rings. The number of nitro benzene ring substituents is 1. The molecular weight excluding hydrogens is 534 g/mol. The number of benzene rings is 2. The number of rotatable bonds is 10. The molecule has 1 saturated carbocycles. The molecule has 5 rings (SSSR count). The Balaban J connectivity index is 1.35. The average molecular weight is 570 g/mol. The van der Waals surface area contributed by atoms with Gasteiger partial charge in [-0.15, -0.1) is 0 Å². The maximum absolute atomic E-state index is 14.0. The van der Waals surface area contributed by atoms with Crippen LogP contribution in [0, 0.1) is 10.1 Å². The number of ether oxygens (including phenoxy) is 1. The van der Waals surface area contributed by atoms with E-state index in [9.17, 15) is 19.7 Å². The summed E-state index contributed by atoms with van der Waals surface area (Å²) in [7, 11) is 0. The summed E-state index contributed by atoms with van der Waals surface area (Å²) in [5.41, 5.74) is 1.51. The summed E-state index contributed by atoms with van der Waals surface area (Å²) < 4.78 is 5.43. The highest BCUT2D eigenvalue weighted by atomic mass is 16.6. The fraction of sp³-hybridized carbons (Fsp3) is 0.344. The molecule has 1 atom stereocenters. The van der Waals surface area contributed by atoms with Crippen LogP contribution in [-0.4, -0.2) is 39.0 Å². The van der Waals surface area contributed by atoms with Gasteiger partial charge in [0.05, 0.1) is 4.92 Å². The van der Waals surface area contributed by atoms with E-state index in [1.165, 1.54) is 18.2 Å². The second kappa shape index (κ2) is 12.4. The molecule has 0 radical (unpaired) electrons. The number of H-pyrrole nitrogens is 1. The van der Waals surface area contributed by atoms with Crippen molar-refractivity contribution in [2.75, 3.05) is 6.54 Å². The highest BCUT2D eigenvalue weighted by Gasteiger charge is 2.40. The second-order valence-corrected chi connectivity index (χ2v) is 11.2. The van der Waals surface area contributed by atoms with Gasteiger partial charge < -0.3 is 20.4 Å². The van der Waals surface area contributed by atoms with Crippen LogP contribution in [0.4, 0.5) is 10.5 Å². The minimum atomic E-state index is -1.36. The summed E-state index contributed by atoms with van der Waals surface area (Å²) in [5, 5.41) is 18.0. The Morgan fingerprint density at radius 3 is 2.62 bits per heavy atom. The van der Waals surface area contributed by atoms with E-state index in [-0.39, 0.29) is 30.0 Å². The molecule has 2 amide bonds. The van der Waals surface area contributed by atoms with Crippen LogP contribution in [0.3, 0.4) is 0 Å². The van der Waals surface area contributed by atoms with Crippen LogP contribution in [0.15, 0.2) is 79.1 Å². The van der Waals surface area contributed by atoms with E-state index < -0.39 is 16.6 Å².